The van der Waals surface area contributed by atoms with Crippen molar-refractivity contribution >= 4 is 5.91 Å². The third-order valence-corrected chi connectivity index (χ3v) is 3.12. The molecule has 4 nitrogen and oxygen atoms in total. The van der Waals surface area contributed by atoms with Crippen molar-refractivity contribution in [1.82, 2.24) is 10.6 Å². The molecule has 1 aliphatic heterocycles. The number of carbonyl (C=O) groups is 1. The van der Waals surface area contributed by atoms with Crippen LogP contribution in [0.25, 0.3) is 0 Å². The van der Waals surface area contributed by atoms with Crippen LogP contribution in [0.2, 0.25) is 0 Å². The molecule has 0 unspecified atom stereocenters. The molecule has 1 heterocycles. The number of nitrogens with one attached hydrogen (secondary N) is 2. The quantitative estimate of drug-likeness (QED) is 0.851. The van der Waals surface area contributed by atoms with E-state index in [0.717, 1.165) is 30.8 Å². The van der Waals surface area contributed by atoms with E-state index in [1.54, 1.807) is 0 Å². The Morgan fingerprint density at radius 2 is 2.17 bits per heavy atom. The Hall–Kier alpha value is -1.55. The molecule has 1 saturated heterocycles. The molecule has 18 heavy (non-hydrogen) atoms. The molecule has 2 atom stereocenters. The molecular weight excluding hydrogens is 228 g/mol. The SMILES string of the molecule is CC(=O)N[C@@H](C)c1ccc(O[C@H]2CCNC2)cc1. The van der Waals surface area contributed by atoms with Gasteiger partial charge < -0.3 is 15.4 Å². The summed E-state index contributed by atoms with van der Waals surface area (Å²) in [5.74, 6) is 0.877. The number of ether oxygens (including phenoxy) is 1. The van der Waals surface area contributed by atoms with Crippen molar-refractivity contribution in [3.05, 3.63) is 29.8 Å². The van der Waals surface area contributed by atoms with Crippen LogP contribution in [0.5, 0.6) is 5.75 Å². The molecule has 0 aliphatic carbocycles. The number of hydrogen-bond acceptors (Lipinski definition) is 3. The molecule has 1 amide bonds. The van der Waals surface area contributed by atoms with E-state index in [4.69, 9.17) is 4.74 Å². The Bertz CT molecular complexity index is 397. The van der Waals surface area contributed by atoms with Gasteiger partial charge in [0.05, 0.1) is 6.04 Å². The summed E-state index contributed by atoms with van der Waals surface area (Å²) >= 11 is 0. The smallest absolute Gasteiger partial charge is 0.217 e. The molecule has 1 aliphatic rings. The summed E-state index contributed by atoms with van der Waals surface area (Å²) in [5.41, 5.74) is 1.09. The van der Waals surface area contributed by atoms with E-state index >= 15 is 0 Å². The first kappa shape index (κ1) is 12.9. The molecule has 0 saturated carbocycles. The topological polar surface area (TPSA) is 50.4 Å². The summed E-state index contributed by atoms with van der Waals surface area (Å²) in [4.78, 5) is 11.0. The molecule has 1 fully saturated rings. The second kappa shape index (κ2) is 5.87. The molecule has 0 radical (unpaired) electrons. The fraction of sp³-hybridized carbons (Fsp3) is 0.500. The lowest BCUT2D eigenvalue weighted by Gasteiger charge is -2.15. The lowest BCUT2D eigenvalue weighted by atomic mass is 10.1. The zero-order chi connectivity index (χ0) is 13.0. The lowest BCUT2D eigenvalue weighted by molar-refractivity contribution is -0.119. The molecule has 2 rings (SSSR count). The van der Waals surface area contributed by atoms with Gasteiger partial charge in [-0.2, -0.15) is 0 Å². The van der Waals surface area contributed by atoms with Crippen LogP contribution in [0.1, 0.15) is 31.9 Å². The van der Waals surface area contributed by atoms with Crippen LogP contribution >= 0.6 is 0 Å². The van der Waals surface area contributed by atoms with E-state index in [1.807, 2.05) is 31.2 Å². The van der Waals surface area contributed by atoms with E-state index in [2.05, 4.69) is 10.6 Å². The molecule has 0 spiro atoms. The van der Waals surface area contributed by atoms with E-state index in [9.17, 15) is 4.79 Å². The molecule has 0 aromatic heterocycles. The molecule has 98 valence electrons. The van der Waals surface area contributed by atoms with Gasteiger partial charge >= 0.3 is 0 Å². The predicted octanol–water partition coefficient (Wildman–Crippen LogP) is 1.62. The summed E-state index contributed by atoms with van der Waals surface area (Å²) in [7, 11) is 0. The highest BCUT2D eigenvalue weighted by molar-refractivity contribution is 5.73. The minimum Gasteiger partial charge on any atom is -0.489 e. The van der Waals surface area contributed by atoms with Crippen LogP contribution < -0.4 is 15.4 Å². The Morgan fingerprint density at radius 1 is 1.44 bits per heavy atom. The van der Waals surface area contributed by atoms with Gasteiger partial charge in [-0.25, -0.2) is 0 Å². The average molecular weight is 248 g/mol. The second-order valence-corrected chi connectivity index (χ2v) is 4.72. The number of rotatable bonds is 4. The highest BCUT2D eigenvalue weighted by atomic mass is 16.5. The summed E-state index contributed by atoms with van der Waals surface area (Å²) < 4.78 is 5.84. The fourth-order valence-corrected chi connectivity index (χ4v) is 2.14. The molecule has 0 bridgehead atoms. The van der Waals surface area contributed by atoms with E-state index in [-0.39, 0.29) is 18.1 Å². The van der Waals surface area contributed by atoms with Crippen LogP contribution in [-0.2, 0) is 4.79 Å². The van der Waals surface area contributed by atoms with Crippen LogP contribution in [0.4, 0.5) is 0 Å². The zero-order valence-electron chi connectivity index (χ0n) is 10.9. The van der Waals surface area contributed by atoms with Crippen LogP contribution in [0.15, 0.2) is 24.3 Å². The number of amides is 1. The Morgan fingerprint density at radius 3 is 2.72 bits per heavy atom. The highest BCUT2D eigenvalue weighted by Crippen LogP contribution is 2.19. The standard InChI is InChI=1S/C14H20N2O2/c1-10(16-11(2)17)12-3-5-13(6-4-12)18-14-7-8-15-9-14/h3-6,10,14-15H,7-9H2,1-2H3,(H,16,17)/t10-,14-/m0/s1. The maximum atomic E-state index is 11.0. The second-order valence-electron chi connectivity index (χ2n) is 4.72. The summed E-state index contributed by atoms with van der Waals surface area (Å²) in [6.07, 6.45) is 1.34. The number of benzene rings is 1. The number of carbonyl (C=O) groups excluding carboxylic acids is 1. The maximum Gasteiger partial charge on any atom is 0.217 e. The maximum absolute atomic E-state index is 11.0. The first-order valence-corrected chi connectivity index (χ1v) is 6.39. The van der Waals surface area contributed by atoms with Crippen molar-refractivity contribution in [2.45, 2.75) is 32.4 Å². The first-order chi connectivity index (χ1) is 8.65. The van der Waals surface area contributed by atoms with Gasteiger partial charge in [0, 0.05) is 13.5 Å². The van der Waals surface area contributed by atoms with Crippen molar-refractivity contribution in [3.63, 3.8) is 0 Å². The van der Waals surface area contributed by atoms with E-state index < -0.39 is 0 Å². The van der Waals surface area contributed by atoms with Gasteiger partial charge in [-0.3, -0.25) is 4.79 Å². The van der Waals surface area contributed by atoms with Gasteiger partial charge in [-0.1, -0.05) is 12.1 Å². The third-order valence-electron chi connectivity index (χ3n) is 3.12. The third kappa shape index (κ3) is 3.47. The van der Waals surface area contributed by atoms with Crippen molar-refractivity contribution in [1.29, 1.82) is 0 Å². The summed E-state index contributed by atoms with van der Waals surface area (Å²) in [6, 6.07) is 7.96. The highest BCUT2D eigenvalue weighted by Gasteiger charge is 2.15. The monoisotopic (exact) mass is 248 g/mol. The van der Waals surface area contributed by atoms with Gasteiger partial charge in [-0.15, -0.1) is 0 Å². The van der Waals surface area contributed by atoms with E-state index in [0.29, 0.717) is 0 Å². The normalized spacial score (nSPS) is 20.4. The van der Waals surface area contributed by atoms with Crippen molar-refractivity contribution in [3.8, 4) is 5.75 Å². The zero-order valence-corrected chi connectivity index (χ0v) is 10.9. The lowest BCUT2D eigenvalue weighted by Crippen LogP contribution is -2.23. The number of hydrogen-bond donors (Lipinski definition) is 2. The average Bonchev–Trinajstić information content (AvgIpc) is 2.82. The molecule has 2 N–H and O–H groups in total. The molecular formula is C14H20N2O2. The summed E-state index contributed by atoms with van der Waals surface area (Å²) in [6.45, 7) is 5.45. The molecule has 4 heteroatoms. The van der Waals surface area contributed by atoms with Gasteiger partial charge in [-0.05, 0) is 37.6 Å². The fourth-order valence-electron chi connectivity index (χ4n) is 2.14. The van der Waals surface area contributed by atoms with Crippen molar-refractivity contribution < 1.29 is 9.53 Å². The largest absolute Gasteiger partial charge is 0.489 e. The molecule has 1 aromatic rings. The summed E-state index contributed by atoms with van der Waals surface area (Å²) in [5, 5.41) is 6.13. The van der Waals surface area contributed by atoms with Gasteiger partial charge in [0.2, 0.25) is 5.91 Å². The first-order valence-electron chi connectivity index (χ1n) is 6.39. The minimum absolute atomic E-state index is 0.0140. The Kier molecular flexibility index (Phi) is 4.20. The van der Waals surface area contributed by atoms with Crippen LogP contribution in [-0.4, -0.2) is 25.1 Å². The predicted molar refractivity (Wildman–Crippen MR) is 70.6 cm³/mol. The van der Waals surface area contributed by atoms with Gasteiger partial charge in [0.1, 0.15) is 11.9 Å². The Labute approximate surface area is 108 Å². The van der Waals surface area contributed by atoms with Crippen LogP contribution in [0.3, 0.4) is 0 Å². The van der Waals surface area contributed by atoms with Gasteiger partial charge in [0.15, 0.2) is 0 Å². The van der Waals surface area contributed by atoms with E-state index in [1.165, 1.54) is 6.92 Å². The van der Waals surface area contributed by atoms with Crippen LogP contribution in [0, 0.1) is 0 Å². The van der Waals surface area contributed by atoms with Crippen molar-refractivity contribution in [2.24, 2.45) is 0 Å². The van der Waals surface area contributed by atoms with Crippen molar-refractivity contribution in [2.75, 3.05) is 13.1 Å². The molecule has 1 aromatic carbocycles. The van der Waals surface area contributed by atoms with Gasteiger partial charge in [0.25, 0.3) is 0 Å². The minimum atomic E-state index is -0.0140. The Balaban J connectivity index is 1.94.